The van der Waals surface area contributed by atoms with Crippen molar-refractivity contribution in [2.45, 2.75) is 57.0 Å². The van der Waals surface area contributed by atoms with Gasteiger partial charge in [-0.2, -0.15) is 8.78 Å². The molecular formula is C18H22F2O5. The van der Waals surface area contributed by atoms with Gasteiger partial charge in [-0.1, -0.05) is 13.3 Å². The molecule has 1 fully saturated rings. The summed E-state index contributed by atoms with van der Waals surface area (Å²) < 4.78 is 36.4. The van der Waals surface area contributed by atoms with E-state index in [-0.39, 0.29) is 11.2 Å². The molecule has 0 spiro atoms. The first-order valence-electron chi connectivity index (χ1n) is 8.35. The molecule has 7 heteroatoms. The summed E-state index contributed by atoms with van der Waals surface area (Å²) in [5.41, 5.74) is -0.133. The Hall–Kier alpha value is -2.18. The fourth-order valence-electron chi connectivity index (χ4n) is 2.93. The van der Waals surface area contributed by atoms with Crippen molar-refractivity contribution in [3.8, 4) is 5.75 Å². The maximum Gasteiger partial charge on any atom is 0.378 e. The van der Waals surface area contributed by atoms with E-state index in [0.717, 1.165) is 32.1 Å². The van der Waals surface area contributed by atoms with Gasteiger partial charge in [-0.25, -0.2) is 9.59 Å². The number of hydrogen-bond acceptors (Lipinski definition) is 4. The van der Waals surface area contributed by atoms with Crippen LogP contribution in [0.5, 0.6) is 5.75 Å². The molecule has 0 amide bonds. The minimum atomic E-state index is -4.10. The number of halogens is 2. The number of aliphatic carboxylic acids is 1. The molecule has 0 atom stereocenters. The Labute approximate surface area is 144 Å². The molecule has 1 aromatic rings. The maximum absolute atomic E-state index is 12.9. The SMILES string of the molecule is CCC1(Oc2ccc(C(=O)OCC(F)(F)C(=O)O)cc2)CCCCC1. The summed E-state index contributed by atoms with van der Waals surface area (Å²) in [4.78, 5) is 22.0. The van der Waals surface area contributed by atoms with Crippen LogP contribution in [0, 0.1) is 0 Å². The fraction of sp³-hybridized carbons (Fsp3) is 0.556. The molecule has 0 unspecified atom stereocenters. The number of ether oxygens (including phenoxy) is 2. The summed E-state index contributed by atoms with van der Waals surface area (Å²) in [7, 11) is 0. The van der Waals surface area contributed by atoms with Gasteiger partial charge in [0.05, 0.1) is 5.56 Å². The van der Waals surface area contributed by atoms with E-state index in [4.69, 9.17) is 9.84 Å². The molecule has 1 aliphatic carbocycles. The van der Waals surface area contributed by atoms with E-state index in [2.05, 4.69) is 11.7 Å². The second-order valence-electron chi connectivity index (χ2n) is 6.31. The Morgan fingerprint density at radius 1 is 1.16 bits per heavy atom. The van der Waals surface area contributed by atoms with E-state index in [1.165, 1.54) is 18.6 Å². The molecule has 2 rings (SSSR count). The lowest BCUT2D eigenvalue weighted by Crippen LogP contribution is -2.37. The zero-order valence-corrected chi connectivity index (χ0v) is 14.1. The van der Waals surface area contributed by atoms with Crippen LogP contribution in [0.25, 0.3) is 0 Å². The Morgan fingerprint density at radius 2 is 1.76 bits per heavy atom. The smallest absolute Gasteiger partial charge is 0.378 e. The van der Waals surface area contributed by atoms with E-state index in [1.54, 1.807) is 12.1 Å². The normalized spacial score (nSPS) is 16.9. The first-order valence-corrected chi connectivity index (χ1v) is 8.35. The van der Waals surface area contributed by atoms with Crippen molar-refractivity contribution < 1.29 is 33.0 Å². The van der Waals surface area contributed by atoms with Crippen LogP contribution in [0.15, 0.2) is 24.3 Å². The predicted octanol–water partition coefficient (Wildman–Crippen LogP) is 4.06. The van der Waals surface area contributed by atoms with Crippen molar-refractivity contribution in [1.29, 1.82) is 0 Å². The fourth-order valence-corrected chi connectivity index (χ4v) is 2.93. The number of carbonyl (C=O) groups excluding carboxylic acids is 1. The molecule has 5 nitrogen and oxygen atoms in total. The zero-order chi connectivity index (χ0) is 18.5. The lowest BCUT2D eigenvalue weighted by atomic mass is 9.82. The summed E-state index contributed by atoms with van der Waals surface area (Å²) in [6.45, 7) is 0.581. The Kier molecular flexibility index (Phi) is 5.98. The number of benzene rings is 1. The monoisotopic (exact) mass is 356 g/mol. The number of esters is 1. The van der Waals surface area contributed by atoms with Crippen LogP contribution in [0.4, 0.5) is 8.78 Å². The van der Waals surface area contributed by atoms with Crippen LogP contribution in [0.2, 0.25) is 0 Å². The number of carbonyl (C=O) groups is 2. The Bertz CT molecular complexity index is 606. The minimum Gasteiger partial charge on any atom is -0.487 e. The van der Waals surface area contributed by atoms with Gasteiger partial charge in [0.2, 0.25) is 0 Å². The second kappa shape index (κ2) is 7.80. The third-order valence-electron chi connectivity index (χ3n) is 4.53. The van der Waals surface area contributed by atoms with Crippen LogP contribution in [-0.2, 0) is 9.53 Å². The zero-order valence-electron chi connectivity index (χ0n) is 14.1. The molecule has 0 aromatic heterocycles. The van der Waals surface area contributed by atoms with E-state index in [9.17, 15) is 18.4 Å². The van der Waals surface area contributed by atoms with Crippen molar-refractivity contribution in [2.24, 2.45) is 0 Å². The quantitative estimate of drug-likeness (QED) is 0.746. The first kappa shape index (κ1) is 19.1. The first-order chi connectivity index (χ1) is 11.8. The second-order valence-corrected chi connectivity index (χ2v) is 6.31. The van der Waals surface area contributed by atoms with Gasteiger partial charge in [0.1, 0.15) is 11.4 Å². The minimum absolute atomic E-state index is 0.0581. The highest BCUT2D eigenvalue weighted by molar-refractivity contribution is 5.89. The molecule has 0 saturated heterocycles. The third-order valence-corrected chi connectivity index (χ3v) is 4.53. The Morgan fingerprint density at radius 3 is 2.28 bits per heavy atom. The molecule has 0 bridgehead atoms. The largest absolute Gasteiger partial charge is 0.487 e. The van der Waals surface area contributed by atoms with Crippen LogP contribution < -0.4 is 4.74 Å². The number of carboxylic acid groups (broad SMARTS) is 1. The lowest BCUT2D eigenvalue weighted by Gasteiger charge is -2.37. The molecule has 1 N–H and O–H groups in total. The van der Waals surface area contributed by atoms with Crippen molar-refractivity contribution in [1.82, 2.24) is 0 Å². The van der Waals surface area contributed by atoms with Gasteiger partial charge in [-0.3, -0.25) is 0 Å². The summed E-state index contributed by atoms with van der Waals surface area (Å²) >= 11 is 0. The van der Waals surface area contributed by atoms with Crippen molar-refractivity contribution >= 4 is 11.9 Å². The van der Waals surface area contributed by atoms with Crippen molar-refractivity contribution in [3.63, 3.8) is 0 Å². The molecule has 1 aliphatic rings. The lowest BCUT2D eigenvalue weighted by molar-refractivity contribution is -0.170. The van der Waals surface area contributed by atoms with Gasteiger partial charge < -0.3 is 14.6 Å². The average Bonchev–Trinajstić information content (AvgIpc) is 2.61. The van der Waals surface area contributed by atoms with Crippen molar-refractivity contribution in [2.75, 3.05) is 6.61 Å². The maximum atomic E-state index is 12.9. The topological polar surface area (TPSA) is 72.8 Å². The van der Waals surface area contributed by atoms with E-state index in [0.29, 0.717) is 5.75 Å². The van der Waals surface area contributed by atoms with Crippen LogP contribution in [0.3, 0.4) is 0 Å². The van der Waals surface area contributed by atoms with Gasteiger partial charge in [0.25, 0.3) is 0 Å². The molecule has 25 heavy (non-hydrogen) atoms. The summed E-state index contributed by atoms with van der Waals surface area (Å²) in [6.07, 6.45) is 6.30. The van der Waals surface area contributed by atoms with E-state index in [1.807, 2.05) is 0 Å². The number of hydrogen-bond donors (Lipinski definition) is 1. The molecule has 138 valence electrons. The third kappa shape index (κ3) is 4.90. The van der Waals surface area contributed by atoms with E-state index < -0.39 is 24.5 Å². The molecular weight excluding hydrogens is 334 g/mol. The van der Waals surface area contributed by atoms with Gasteiger partial charge >= 0.3 is 17.9 Å². The number of carboxylic acids is 1. The van der Waals surface area contributed by atoms with Crippen molar-refractivity contribution in [3.05, 3.63) is 29.8 Å². The number of alkyl halides is 2. The van der Waals surface area contributed by atoms with Gasteiger partial charge in [-0.15, -0.1) is 0 Å². The Balaban J connectivity index is 1.97. The molecule has 0 radical (unpaired) electrons. The average molecular weight is 356 g/mol. The van der Waals surface area contributed by atoms with Gasteiger partial charge in [0, 0.05) is 0 Å². The van der Waals surface area contributed by atoms with Crippen LogP contribution in [-0.4, -0.2) is 35.2 Å². The molecule has 1 saturated carbocycles. The predicted molar refractivity (Wildman–Crippen MR) is 86.0 cm³/mol. The summed E-state index contributed by atoms with van der Waals surface area (Å²) in [5.74, 6) is -6.83. The summed E-state index contributed by atoms with van der Waals surface area (Å²) in [6, 6.07) is 6.03. The van der Waals surface area contributed by atoms with E-state index >= 15 is 0 Å². The highest BCUT2D eigenvalue weighted by Gasteiger charge is 2.40. The summed E-state index contributed by atoms with van der Waals surface area (Å²) in [5, 5.41) is 8.31. The standard InChI is InChI=1S/C18H22F2O5/c1-2-17(10-4-3-5-11-17)25-14-8-6-13(7-9-14)15(21)24-12-18(19,20)16(22)23/h6-9H,2-5,10-12H2,1H3,(H,22,23). The van der Waals surface area contributed by atoms with Gasteiger partial charge in [0.15, 0.2) is 6.61 Å². The highest BCUT2D eigenvalue weighted by Crippen LogP contribution is 2.35. The number of rotatable bonds is 7. The highest BCUT2D eigenvalue weighted by atomic mass is 19.3. The van der Waals surface area contributed by atoms with Gasteiger partial charge in [-0.05, 0) is 56.4 Å². The molecule has 0 heterocycles. The van der Waals surface area contributed by atoms with Crippen LogP contribution in [0.1, 0.15) is 55.8 Å². The van der Waals surface area contributed by atoms with Crippen LogP contribution >= 0.6 is 0 Å². The molecule has 1 aromatic carbocycles. The molecule has 0 aliphatic heterocycles.